The summed E-state index contributed by atoms with van der Waals surface area (Å²) < 4.78 is 10.6. The molecule has 1 aliphatic rings. The van der Waals surface area contributed by atoms with E-state index in [1.807, 2.05) is 18.2 Å². The molecule has 2 aromatic rings. The summed E-state index contributed by atoms with van der Waals surface area (Å²) in [6.07, 6.45) is 1.52. The Bertz CT molecular complexity index is 782. The molecule has 0 saturated carbocycles. The highest BCUT2D eigenvalue weighted by atomic mass is 32.2. The van der Waals surface area contributed by atoms with Crippen molar-refractivity contribution >= 4 is 17.7 Å². The highest BCUT2D eigenvalue weighted by Gasteiger charge is 2.19. The van der Waals surface area contributed by atoms with E-state index in [1.165, 1.54) is 11.1 Å². The standard InChI is InChI=1S/C21H26N2O3S/c1-25-19-8-7-16(13-20(19)26-2)27-12-10-21(24)23-14-18-17-6-4-3-5-15(17)9-11-22-18/h3-8,13,18,22H,9-12,14H2,1-2H3,(H,23,24). The maximum atomic E-state index is 12.2. The number of hydrogen-bond acceptors (Lipinski definition) is 5. The second kappa shape index (κ2) is 9.67. The van der Waals surface area contributed by atoms with Gasteiger partial charge in [-0.2, -0.15) is 0 Å². The van der Waals surface area contributed by atoms with Crippen molar-refractivity contribution in [3.8, 4) is 11.5 Å². The molecule has 0 radical (unpaired) electrons. The van der Waals surface area contributed by atoms with Crippen LogP contribution in [0.3, 0.4) is 0 Å². The Morgan fingerprint density at radius 1 is 1.19 bits per heavy atom. The molecule has 0 bridgehead atoms. The number of carbonyl (C=O) groups is 1. The summed E-state index contributed by atoms with van der Waals surface area (Å²) >= 11 is 1.64. The maximum Gasteiger partial charge on any atom is 0.220 e. The highest BCUT2D eigenvalue weighted by Crippen LogP contribution is 2.32. The van der Waals surface area contributed by atoms with Gasteiger partial charge in [-0.3, -0.25) is 4.79 Å². The zero-order valence-corrected chi connectivity index (χ0v) is 16.6. The molecule has 1 aliphatic heterocycles. The molecule has 6 heteroatoms. The third-order valence-corrected chi connectivity index (χ3v) is 5.67. The van der Waals surface area contributed by atoms with Crippen molar-refractivity contribution in [3.05, 3.63) is 53.6 Å². The first-order valence-electron chi connectivity index (χ1n) is 9.14. The maximum absolute atomic E-state index is 12.2. The molecule has 1 amide bonds. The van der Waals surface area contributed by atoms with Crippen LogP contribution in [0, 0.1) is 0 Å². The molecule has 0 saturated heterocycles. The normalized spacial score (nSPS) is 15.7. The lowest BCUT2D eigenvalue weighted by Gasteiger charge is -2.27. The largest absolute Gasteiger partial charge is 0.493 e. The summed E-state index contributed by atoms with van der Waals surface area (Å²) in [6, 6.07) is 14.4. The molecule has 1 unspecified atom stereocenters. The molecule has 27 heavy (non-hydrogen) atoms. The fourth-order valence-corrected chi connectivity index (χ4v) is 4.12. The minimum atomic E-state index is 0.0767. The van der Waals surface area contributed by atoms with Crippen LogP contribution in [0.5, 0.6) is 11.5 Å². The van der Waals surface area contributed by atoms with Gasteiger partial charge in [-0.05, 0) is 42.3 Å². The number of benzene rings is 2. The number of ether oxygens (including phenoxy) is 2. The van der Waals surface area contributed by atoms with Gasteiger partial charge >= 0.3 is 0 Å². The summed E-state index contributed by atoms with van der Waals surface area (Å²) in [5.41, 5.74) is 2.67. The van der Waals surface area contributed by atoms with Gasteiger partial charge < -0.3 is 20.1 Å². The van der Waals surface area contributed by atoms with Crippen molar-refractivity contribution in [3.63, 3.8) is 0 Å². The van der Waals surface area contributed by atoms with Gasteiger partial charge in [0.15, 0.2) is 11.5 Å². The minimum absolute atomic E-state index is 0.0767. The van der Waals surface area contributed by atoms with Gasteiger partial charge in [-0.15, -0.1) is 11.8 Å². The molecule has 0 fully saturated rings. The highest BCUT2D eigenvalue weighted by molar-refractivity contribution is 7.99. The fourth-order valence-electron chi connectivity index (χ4n) is 3.25. The lowest BCUT2D eigenvalue weighted by molar-refractivity contribution is -0.120. The van der Waals surface area contributed by atoms with Crippen LogP contribution in [0.2, 0.25) is 0 Å². The molecule has 0 aliphatic carbocycles. The molecule has 2 N–H and O–H groups in total. The van der Waals surface area contributed by atoms with Crippen LogP contribution in [0.4, 0.5) is 0 Å². The van der Waals surface area contributed by atoms with E-state index in [2.05, 4.69) is 34.9 Å². The van der Waals surface area contributed by atoms with E-state index in [0.29, 0.717) is 24.5 Å². The molecular formula is C21H26N2O3S. The summed E-state index contributed by atoms with van der Waals surface area (Å²) in [7, 11) is 3.24. The number of amides is 1. The van der Waals surface area contributed by atoms with Crippen molar-refractivity contribution in [1.82, 2.24) is 10.6 Å². The smallest absolute Gasteiger partial charge is 0.220 e. The Balaban J connectivity index is 1.44. The number of rotatable bonds is 8. The molecule has 0 spiro atoms. The van der Waals surface area contributed by atoms with E-state index < -0.39 is 0 Å². The SMILES string of the molecule is COc1ccc(SCCC(=O)NCC2NCCc3ccccc32)cc1OC. The predicted molar refractivity (Wildman–Crippen MR) is 109 cm³/mol. The van der Waals surface area contributed by atoms with E-state index in [1.54, 1.807) is 26.0 Å². The summed E-state index contributed by atoms with van der Waals surface area (Å²) in [5.74, 6) is 2.21. The van der Waals surface area contributed by atoms with Gasteiger partial charge in [-0.1, -0.05) is 24.3 Å². The average molecular weight is 387 g/mol. The molecule has 2 aromatic carbocycles. The molecule has 1 atom stereocenters. The number of hydrogen-bond donors (Lipinski definition) is 2. The second-order valence-corrected chi connectivity index (χ2v) is 7.54. The zero-order valence-electron chi connectivity index (χ0n) is 15.8. The van der Waals surface area contributed by atoms with E-state index in [-0.39, 0.29) is 11.9 Å². The summed E-state index contributed by atoms with van der Waals surface area (Å²) in [4.78, 5) is 13.3. The van der Waals surface area contributed by atoms with Crippen LogP contribution in [-0.4, -0.2) is 39.0 Å². The van der Waals surface area contributed by atoms with E-state index >= 15 is 0 Å². The Hall–Kier alpha value is -2.18. The number of thioether (sulfide) groups is 1. The van der Waals surface area contributed by atoms with Crippen molar-refractivity contribution < 1.29 is 14.3 Å². The first kappa shape index (κ1) is 19.6. The van der Waals surface area contributed by atoms with Gasteiger partial charge in [0.05, 0.1) is 14.2 Å². The van der Waals surface area contributed by atoms with E-state index in [0.717, 1.165) is 23.6 Å². The molecule has 3 rings (SSSR count). The summed E-state index contributed by atoms with van der Waals surface area (Å²) in [5, 5.41) is 6.55. The number of methoxy groups -OCH3 is 2. The quantitative estimate of drug-likeness (QED) is 0.683. The van der Waals surface area contributed by atoms with Gasteiger partial charge in [0.2, 0.25) is 5.91 Å². The predicted octanol–water partition coefficient (Wildman–Crippen LogP) is 3.19. The van der Waals surface area contributed by atoms with Gasteiger partial charge in [0, 0.05) is 29.7 Å². The second-order valence-electron chi connectivity index (χ2n) is 6.37. The number of fused-ring (bicyclic) bond motifs is 1. The first-order chi connectivity index (χ1) is 13.2. The fraction of sp³-hybridized carbons (Fsp3) is 0.381. The van der Waals surface area contributed by atoms with Gasteiger partial charge in [-0.25, -0.2) is 0 Å². The topological polar surface area (TPSA) is 59.6 Å². The zero-order chi connectivity index (χ0) is 19.1. The Labute approximate surface area is 164 Å². The van der Waals surface area contributed by atoms with Gasteiger partial charge in [0.1, 0.15) is 0 Å². The van der Waals surface area contributed by atoms with Crippen LogP contribution in [0.15, 0.2) is 47.4 Å². The van der Waals surface area contributed by atoms with Crippen LogP contribution < -0.4 is 20.1 Å². The average Bonchev–Trinajstić information content (AvgIpc) is 2.72. The Kier molecular flexibility index (Phi) is 7.01. The third-order valence-electron chi connectivity index (χ3n) is 4.67. The number of carbonyl (C=O) groups excluding carboxylic acids is 1. The van der Waals surface area contributed by atoms with Crippen molar-refractivity contribution in [1.29, 1.82) is 0 Å². The molecular weight excluding hydrogens is 360 g/mol. The Morgan fingerprint density at radius 3 is 2.81 bits per heavy atom. The van der Waals surface area contributed by atoms with Crippen molar-refractivity contribution in [2.24, 2.45) is 0 Å². The van der Waals surface area contributed by atoms with Crippen LogP contribution >= 0.6 is 11.8 Å². The van der Waals surface area contributed by atoms with Crippen LogP contribution in [-0.2, 0) is 11.2 Å². The lowest BCUT2D eigenvalue weighted by Crippen LogP contribution is -2.38. The molecule has 1 heterocycles. The summed E-state index contributed by atoms with van der Waals surface area (Å²) in [6.45, 7) is 1.57. The van der Waals surface area contributed by atoms with Gasteiger partial charge in [0.25, 0.3) is 0 Å². The van der Waals surface area contributed by atoms with E-state index in [9.17, 15) is 4.79 Å². The molecule has 0 aromatic heterocycles. The lowest BCUT2D eigenvalue weighted by atomic mass is 9.94. The van der Waals surface area contributed by atoms with Crippen LogP contribution in [0.1, 0.15) is 23.6 Å². The van der Waals surface area contributed by atoms with E-state index in [4.69, 9.17) is 9.47 Å². The molecule has 5 nitrogen and oxygen atoms in total. The van der Waals surface area contributed by atoms with Crippen molar-refractivity contribution in [2.75, 3.05) is 33.1 Å². The number of nitrogens with one attached hydrogen (secondary N) is 2. The van der Waals surface area contributed by atoms with Crippen molar-refractivity contribution in [2.45, 2.75) is 23.8 Å². The monoisotopic (exact) mass is 386 g/mol. The minimum Gasteiger partial charge on any atom is -0.493 e. The Morgan fingerprint density at radius 2 is 2.00 bits per heavy atom. The molecule has 144 valence electrons. The third kappa shape index (κ3) is 5.17. The first-order valence-corrected chi connectivity index (χ1v) is 10.1. The van der Waals surface area contributed by atoms with Crippen LogP contribution in [0.25, 0.3) is 0 Å².